The average molecular weight is 210 g/mol. The summed E-state index contributed by atoms with van der Waals surface area (Å²) in [7, 11) is 0. The Labute approximate surface area is 84.9 Å². The Balaban J connectivity index is 2.91. The molecule has 14 heavy (non-hydrogen) atoms. The third-order valence-corrected chi connectivity index (χ3v) is 2.27. The number of hydrogen-bond donors (Lipinski definition) is 1. The van der Waals surface area contributed by atoms with Crippen LogP contribution in [0.1, 0.15) is 5.56 Å². The molecule has 2 rings (SSSR count). The van der Waals surface area contributed by atoms with E-state index < -0.39 is 0 Å². The summed E-state index contributed by atoms with van der Waals surface area (Å²) in [5.74, 6) is 0. The predicted molar refractivity (Wildman–Crippen MR) is 54.4 cm³/mol. The second-order valence-electron chi connectivity index (χ2n) is 2.84. The Bertz CT molecular complexity index is 535. The first-order chi connectivity index (χ1) is 6.74. The third-order valence-electron chi connectivity index (χ3n) is 1.98. The number of pyridine rings is 1. The zero-order valence-corrected chi connectivity index (χ0v) is 8.03. The van der Waals surface area contributed by atoms with Crippen molar-refractivity contribution in [2.45, 2.75) is 6.54 Å². The minimum absolute atomic E-state index is 0.167. The van der Waals surface area contributed by atoms with Gasteiger partial charge in [0.15, 0.2) is 5.65 Å². The van der Waals surface area contributed by atoms with Gasteiger partial charge in [0.1, 0.15) is 0 Å². The van der Waals surface area contributed by atoms with Gasteiger partial charge in [0, 0.05) is 24.5 Å². The monoisotopic (exact) mass is 209 g/mol. The molecule has 4 nitrogen and oxygen atoms in total. The van der Waals surface area contributed by atoms with Gasteiger partial charge in [-0.2, -0.15) is 0 Å². The van der Waals surface area contributed by atoms with E-state index in [2.05, 4.69) is 4.98 Å². The molecule has 0 saturated carbocycles. The minimum Gasteiger partial charge on any atom is -0.326 e. The van der Waals surface area contributed by atoms with Crippen LogP contribution in [-0.4, -0.2) is 9.38 Å². The molecule has 72 valence electrons. The third kappa shape index (κ3) is 1.29. The van der Waals surface area contributed by atoms with Crippen LogP contribution in [0.4, 0.5) is 0 Å². The lowest BCUT2D eigenvalue weighted by molar-refractivity contribution is 0.946. The van der Waals surface area contributed by atoms with E-state index >= 15 is 0 Å². The molecule has 2 aromatic heterocycles. The lowest BCUT2D eigenvalue weighted by Crippen LogP contribution is -2.21. The lowest BCUT2D eigenvalue weighted by atomic mass is 10.3. The average Bonchev–Trinajstić information content (AvgIpc) is 2.20. The van der Waals surface area contributed by atoms with Gasteiger partial charge < -0.3 is 5.73 Å². The summed E-state index contributed by atoms with van der Waals surface area (Å²) in [6, 6.07) is 3.38. The standard InChI is InChI=1S/C9H8ClN3O/c10-7-2-1-3-13-8(7)12-5-6(4-11)9(13)14/h1-3,5H,4,11H2. The van der Waals surface area contributed by atoms with Crippen molar-refractivity contribution in [1.82, 2.24) is 9.38 Å². The van der Waals surface area contributed by atoms with Crippen molar-refractivity contribution in [2.24, 2.45) is 5.73 Å². The molecule has 0 bridgehead atoms. The van der Waals surface area contributed by atoms with Crippen molar-refractivity contribution in [3.63, 3.8) is 0 Å². The van der Waals surface area contributed by atoms with Crippen LogP contribution in [0.15, 0.2) is 29.3 Å². The van der Waals surface area contributed by atoms with E-state index in [1.54, 1.807) is 18.3 Å². The van der Waals surface area contributed by atoms with E-state index in [1.165, 1.54) is 10.6 Å². The lowest BCUT2D eigenvalue weighted by Gasteiger charge is -2.02. The van der Waals surface area contributed by atoms with Gasteiger partial charge in [-0.3, -0.25) is 9.20 Å². The van der Waals surface area contributed by atoms with Gasteiger partial charge in [-0.25, -0.2) is 4.98 Å². The second-order valence-corrected chi connectivity index (χ2v) is 3.25. The van der Waals surface area contributed by atoms with Crippen LogP contribution in [0.2, 0.25) is 5.02 Å². The molecule has 0 amide bonds. The van der Waals surface area contributed by atoms with Crippen molar-refractivity contribution in [3.05, 3.63) is 45.5 Å². The first-order valence-electron chi connectivity index (χ1n) is 4.09. The van der Waals surface area contributed by atoms with Crippen LogP contribution in [-0.2, 0) is 6.54 Å². The number of nitrogens with zero attached hydrogens (tertiary/aromatic N) is 2. The Morgan fingerprint density at radius 1 is 1.57 bits per heavy atom. The van der Waals surface area contributed by atoms with E-state index in [1.807, 2.05) is 0 Å². The molecule has 0 unspecified atom stereocenters. The SMILES string of the molecule is NCc1cnc2c(Cl)cccn2c1=O. The van der Waals surface area contributed by atoms with E-state index in [-0.39, 0.29) is 12.1 Å². The van der Waals surface area contributed by atoms with Gasteiger partial charge in [-0.15, -0.1) is 0 Å². The molecule has 0 atom stereocenters. The highest BCUT2D eigenvalue weighted by molar-refractivity contribution is 6.33. The number of halogens is 1. The highest BCUT2D eigenvalue weighted by atomic mass is 35.5. The molecular weight excluding hydrogens is 202 g/mol. The Morgan fingerprint density at radius 3 is 3.07 bits per heavy atom. The van der Waals surface area contributed by atoms with E-state index in [0.29, 0.717) is 16.2 Å². The highest BCUT2D eigenvalue weighted by Crippen LogP contribution is 2.12. The summed E-state index contributed by atoms with van der Waals surface area (Å²) in [4.78, 5) is 15.8. The number of hydrogen-bond acceptors (Lipinski definition) is 3. The Hall–Kier alpha value is -1.39. The molecule has 2 N–H and O–H groups in total. The van der Waals surface area contributed by atoms with Crippen LogP contribution in [0, 0.1) is 0 Å². The molecule has 0 spiro atoms. The van der Waals surface area contributed by atoms with Gasteiger partial charge in [0.2, 0.25) is 0 Å². The van der Waals surface area contributed by atoms with Crippen molar-refractivity contribution in [3.8, 4) is 0 Å². The molecule has 0 aliphatic carbocycles. The fraction of sp³-hybridized carbons (Fsp3) is 0.111. The Kier molecular flexibility index (Phi) is 2.23. The van der Waals surface area contributed by atoms with Gasteiger partial charge in [0.25, 0.3) is 5.56 Å². The summed E-state index contributed by atoms with van der Waals surface area (Å²) < 4.78 is 1.39. The fourth-order valence-corrected chi connectivity index (χ4v) is 1.46. The number of rotatable bonds is 1. The van der Waals surface area contributed by atoms with Crippen LogP contribution in [0.5, 0.6) is 0 Å². The van der Waals surface area contributed by atoms with Gasteiger partial charge in [-0.05, 0) is 12.1 Å². The summed E-state index contributed by atoms with van der Waals surface area (Å²) in [5, 5.41) is 0.452. The van der Waals surface area contributed by atoms with Crippen LogP contribution in [0.25, 0.3) is 5.65 Å². The predicted octanol–water partition coefficient (Wildman–Crippen LogP) is 0.807. The first-order valence-corrected chi connectivity index (χ1v) is 4.46. The van der Waals surface area contributed by atoms with Gasteiger partial charge in [0.05, 0.1) is 5.02 Å². The molecule has 0 aromatic carbocycles. The van der Waals surface area contributed by atoms with Crippen molar-refractivity contribution in [1.29, 1.82) is 0 Å². The van der Waals surface area contributed by atoms with Crippen LogP contribution >= 0.6 is 11.6 Å². The highest BCUT2D eigenvalue weighted by Gasteiger charge is 2.04. The molecule has 0 fully saturated rings. The van der Waals surface area contributed by atoms with E-state index in [9.17, 15) is 4.79 Å². The maximum absolute atomic E-state index is 11.7. The van der Waals surface area contributed by atoms with E-state index in [4.69, 9.17) is 17.3 Å². The molecule has 0 aliphatic rings. The quantitative estimate of drug-likeness (QED) is 0.756. The van der Waals surface area contributed by atoms with Gasteiger partial charge in [-0.1, -0.05) is 11.6 Å². The summed E-state index contributed by atoms with van der Waals surface area (Å²) in [5.41, 5.74) is 6.16. The minimum atomic E-state index is -0.167. The summed E-state index contributed by atoms with van der Waals surface area (Å²) >= 11 is 5.87. The normalized spacial score (nSPS) is 10.7. The largest absolute Gasteiger partial charge is 0.326 e. The molecule has 5 heteroatoms. The number of nitrogens with two attached hydrogens (primary N) is 1. The molecule has 0 saturated heterocycles. The zero-order chi connectivity index (χ0) is 10.1. The molecular formula is C9H8ClN3O. The van der Waals surface area contributed by atoms with Crippen molar-refractivity contribution < 1.29 is 0 Å². The number of aromatic nitrogens is 2. The first kappa shape index (κ1) is 9.18. The Morgan fingerprint density at radius 2 is 2.36 bits per heavy atom. The summed E-state index contributed by atoms with van der Waals surface area (Å²) in [6.45, 7) is 0.182. The van der Waals surface area contributed by atoms with Crippen LogP contribution < -0.4 is 11.3 Å². The zero-order valence-electron chi connectivity index (χ0n) is 7.27. The second kappa shape index (κ2) is 3.40. The van der Waals surface area contributed by atoms with Gasteiger partial charge >= 0.3 is 0 Å². The van der Waals surface area contributed by atoms with Crippen molar-refractivity contribution >= 4 is 17.2 Å². The molecule has 0 radical (unpaired) electrons. The molecule has 0 aliphatic heterocycles. The fourth-order valence-electron chi connectivity index (χ4n) is 1.25. The maximum atomic E-state index is 11.7. The van der Waals surface area contributed by atoms with Crippen LogP contribution in [0.3, 0.4) is 0 Å². The van der Waals surface area contributed by atoms with Crippen molar-refractivity contribution in [2.75, 3.05) is 0 Å². The molecule has 2 aromatic rings. The smallest absolute Gasteiger partial charge is 0.262 e. The maximum Gasteiger partial charge on any atom is 0.262 e. The molecule has 2 heterocycles. The topological polar surface area (TPSA) is 60.4 Å². The van der Waals surface area contributed by atoms with E-state index in [0.717, 1.165) is 0 Å². The summed E-state index contributed by atoms with van der Waals surface area (Å²) in [6.07, 6.45) is 3.08. The number of fused-ring (bicyclic) bond motifs is 1.